The van der Waals surface area contributed by atoms with Gasteiger partial charge in [0.15, 0.2) is 5.75 Å². The van der Waals surface area contributed by atoms with E-state index >= 15 is 0 Å². The van der Waals surface area contributed by atoms with Crippen LogP contribution in [0.5, 0.6) is 5.75 Å². The molecule has 1 heterocycles. The first-order valence-electron chi connectivity index (χ1n) is 6.50. The standard InChI is InChI=1S/C15H21N3O/c1-11(2)9-18(3)14-7-5-6-12(15(14)19-4)13-8-16-10-17-13/h5-8,10-11H,9H2,1-4H3,(H,16,17). The van der Waals surface area contributed by atoms with Gasteiger partial charge in [-0.1, -0.05) is 19.9 Å². The number of para-hydroxylation sites is 1. The van der Waals surface area contributed by atoms with E-state index in [1.54, 1.807) is 13.4 Å². The Bertz CT molecular complexity index is 520. The Hall–Kier alpha value is -1.97. The SMILES string of the molecule is COc1c(-c2cnc[nH]2)cccc1N(C)CC(C)C. The maximum absolute atomic E-state index is 5.61. The summed E-state index contributed by atoms with van der Waals surface area (Å²) < 4.78 is 5.61. The largest absolute Gasteiger partial charge is 0.494 e. The average molecular weight is 259 g/mol. The second-order valence-corrected chi connectivity index (χ2v) is 5.10. The molecule has 0 atom stereocenters. The van der Waals surface area contributed by atoms with Gasteiger partial charge < -0.3 is 14.6 Å². The van der Waals surface area contributed by atoms with Gasteiger partial charge in [-0.25, -0.2) is 4.98 Å². The van der Waals surface area contributed by atoms with Crippen LogP contribution < -0.4 is 9.64 Å². The van der Waals surface area contributed by atoms with Crippen LogP contribution in [0.2, 0.25) is 0 Å². The molecule has 0 aliphatic rings. The number of aromatic amines is 1. The quantitative estimate of drug-likeness (QED) is 0.896. The van der Waals surface area contributed by atoms with Gasteiger partial charge in [0.25, 0.3) is 0 Å². The van der Waals surface area contributed by atoms with Crippen molar-refractivity contribution in [3.8, 4) is 17.0 Å². The highest BCUT2D eigenvalue weighted by Crippen LogP contribution is 2.37. The highest BCUT2D eigenvalue weighted by atomic mass is 16.5. The molecule has 0 unspecified atom stereocenters. The van der Waals surface area contributed by atoms with E-state index in [4.69, 9.17) is 4.74 Å². The molecule has 1 aromatic carbocycles. The third kappa shape index (κ3) is 2.89. The first-order chi connectivity index (χ1) is 9.13. The average Bonchev–Trinajstić information content (AvgIpc) is 2.90. The van der Waals surface area contributed by atoms with Crippen LogP contribution in [0.3, 0.4) is 0 Å². The van der Waals surface area contributed by atoms with Gasteiger partial charge in [0.05, 0.1) is 31.0 Å². The first-order valence-corrected chi connectivity index (χ1v) is 6.50. The number of anilines is 1. The summed E-state index contributed by atoms with van der Waals surface area (Å²) in [6, 6.07) is 6.17. The number of ether oxygens (including phenoxy) is 1. The molecule has 4 nitrogen and oxygen atoms in total. The Morgan fingerprint density at radius 2 is 2.16 bits per heavy atom. The molecular weight excluding hydrogens is 238 g/mol. The summed E-state index contributed by atoms with van der Waals surface area (Å²) in [5, 5.41) is 0. The van der Waals surface area contributed by atoms with Gasteiger partial charge in [-0.15, -0.1) is 0 Å². The summed E-state index contributed by atoms with van der Waals surface area (Å²) >= 11 is 0. The van der Waals surface area contributed by atoms with Crippen molar-refractivity contribution in [2.75, 3.05) is 25.6 Å². The normalized spacial score (nSPS) is 10.8. The third-order valence-corrected chi connectivity index (χ3v) is 3.04. The van der Waals surface area contributed by atoms with Crippen LogP contribution in [-0.4, -0.2) is 30.7 Å². The second kappa shape index (κ2) is 5.78. The van der Waals surface area contributed by atoms with E-state index < -0.39 is 0 Å². The number of imidazole rings is 1. The van der Waals surface area contributed by atoms with Gasteiger partial charge in [-0.05, 0) is 18.1 Å². The Labute approximate surface area is 114 Å². The van der Waals surface area contributed by atoms with Crippen molar-refractivity contribution in [2.45, 2.75) is 13.8 Å². The van der Waals surface area contributed by atoms with Crippen LogP contribution in [0.1, 0.15) is 13.8 Å². The second-order valence-electron chi connectivity index (χ2n) is 5.10. The molecule has 0 spiro atoms. The van der Waals surface area contributed by atoms with Crippen molar-refractivity contribution >= 4 is 5.69 Å². The summed E-state index contributed by atoms with van der Waals surface area (Å²) in [6.07, 6.45) is 3.49. The van der Waals surface area contributed by atoms with Crippen molar-refractivity contribution < 1.29 is 4.74 Å². The molecule has 2 rings (SSSR count). The predicted molar refractivity (Wildman–Crippen MR) is 78.7 cm³/mol. The zero-order valence-electron chi connectivity index (χ0n) is 12.0. The number of H-pyrrole nitrogens is 1. The van der Waals surface area contributed by atoms with Crippen molar-refractivity contribution in [2.24, 2.45) is 5.92 Å². The van der Waals surface area contributed by atoms with E-state index in [2.05, 4.69) is 41.8 Å². The zero-order chi connectivity index (χ0) is 13.8. The first kappa shape index (κ1) is 13.5. The zero-order valence-corrected chi connectivity index (χ0v) is 12.0. The van der Waals surface area contributed by atoms with Gasteiger partial charge in [0.1, 0.15) is 0 Å². The maximum atomic E-state index is 5.61. The molecule has 102 valence electrons. The lowest BCUT2D eigenvalue weighted by Crippen LogP contribution is -2.23. The molecule has 0 saturated heterocycles. The van der Waals surface area contributed by atoms with Gasteiger partial charge in [-0.3, -0.25) is 0 Å². The van der Waals surface area contributed by atoms with Gasteiger partial charge >= 0.3 is 0 Å². The number of methoxy groups -OCH3 is 1. The molecular formula is C15H21N3O. The monoisotopic (exact) mass is 259 g/mol. The molecule has 2 aromatic rings. The molecule has 0 bridgehead atoms. The molecule has 4 heteroatoms. The summed E-state index contributed by atoms with van der Waals surface area (Å²) in [5.41, 5.74) is 3.10. The lowest BCUT2D eigenvalue weighted by atomic mass is 10.1. The fraction of sp³-hybridized carbons (Fsp3) is 0.400. The van der Waals surface area contributed by atoms with Gasteiger partial charge in [0.2, 0.25) is 0 Å². The topological polar surface area (TPSA) is 41.1 Å². The molecule has 0 aliphatic carbocycles. The van der Waals surface area contributed by atoms with E-state index in [0.717, 1.165) is 29.2 Å². The molecule has 19 heavy (non-hydrogen) atoms. The number of nitrogens with zero attached hydrogens (tertiary/aromatic N) is 2. The minimum atomic E-state index is 0.602. The fourth-order valence-corrected chi connectivity index (χ4v) is 2.30. The molecule has 1 N–H and O–H groups in total. The lowest BCUT2D eigenvalue weighted by molar-refractivity contribution is 0.415. The predicted octanol–water partition coefficient (Wildman–Crippen LogP) is 3.18. The lowest BCUT2D eigenvalue weighted by Gasteiger charge is -2.24. The Kier molecular flexibility index (Phi) is 4.10. The minimum absolute atomic E-state index is 0.602. The van der Waals surface area contributed by atoms with E-state index in [0.29, 0.717) is 5.92 Å². The smallest absolute Gasteiger partial charge is 0.151 e. The Morgan fingerprint density at radius 1 is 1.37 bits per heavy atom. The minimum Gasteiger partial charge on any atom is -0.494 e. The van der Waals surface area contributed by atoms with Crippen LogP contribution >= 0.6 is 0 Å². The van der Waals surface area contributed by atoms with Crippen LogP contribution in [0, 0.1) is 5.92 Å². The summed E-state index contributed by atoms with van der Waals surface area (Å²) in [4.78, 5) is 9.42. The number of rotatable bonds is 5. The van der Waals surface area contributed by atoms with E-state index in [1.807, 2.05) is 18.3 Å². The summed E-state index contributed by atoms with van der Waals surface area (Å²) in [6.45, 7) is 5.41. The molecule has 0 aliphatic heterocycles. The van der Waals surface area contributed by atoms with Crippen LogP contribution in [0.25, 0.3) is 11.3 Å². The number of benzene rings is 1. The van der Waals surface area contributed by atoms with Crippen molar-refractivity contribution in [1.82, 2.24) is 9.97 Å². The highest BCUT2D eigenvalue weighted by Gasteiger charge is 2.15. The number of hydrogen-bond donors (Lipinski definition) is 1. The van der Waals surface area contributed by atoms with Crippen molar-refractivity contribution in [1.29, 1.82) is 0 Å². The van der Waals surface area contributed by atoms with Crippen LogP contribution in [-0.2, 0) is 0 Å². The summed E-state index contributed by atoms with van der Waals surface area (Å²) in [5.74, 6) is 1.49. The van der Waals surface area contributed by atoms with Crippen LogP contribution in [0.4, 0.5) is 5.69 Å². The van der Waals surface area contributed by atoms with Gasteiger partial charge in [-0.2, -0.15) is 0 Å². The molecule has 0 saturated carbocycles. The Balaban J connectivity index is 2.42. The van der Waals surface area contributed by atoms with Crippen molar-refractivity contribution in [3.63, 3.8) is 0 Å². The highest BCUT2D eigenvalue weighted by molar-refractivity contribution is 5.76. The molecule has 0 fully saturated rings. The third-order valence-electron chi connectivity index (χ3n) is 3.04. The molecule has 0 amide bonds. The van der Waals surface area contributed by atoms with E-state index in [1.165, 1.54) is 0 Å². The fourth-order valence-electron chi connectivity index (χ4n) is 2.30. The molecule has 0 radical (unpaired) electrons. The van der Waals surface area contributed by atoms with Crippen molar-refractivity contribution in [3.05, 3.63) is 30.7 Å². The van der Waals surface area contributed by atoms with Gasteiger partial charge in [0, 0.05) is 19.2 Å². The number of hydrogen-bond acceptors (Lipinski definition) is 3. The summed E-state index contributed by atoms with van der Waals surface area (Å²) in [7, 11) is 3.80. The number of aromatic nitrogens is 2. The van der Waals surface area contributed by atoms with Crippen LogP contribution in [0.15, 0.2) is 30.7 Å². The number of nitrogens with one attached hydrogen (secondary N) is 1. The van der Waals surface area contributed by atoms with E-state index in [-0.39, 0.29) is 0 Å². The maximum Gasteiger partial charge on any atom is 0.151 e. The molecule has 1 aromatic heterocycles. The van der Waals surface area contributed by atoms with E-state index in [9.17, 15) is 0 Å². The Morgan fingerprint density at radius 3 is 2.74 bits per heavy atom.